The van der Waals surface area contributed by atoms with Gasteiger partial charge in [-0.05, 0) is 12.5 Å². The molecule has 0 aliphatic carbocycles. The molecule has 1 aromatic carbocycles. The van der Waals surface area contributed by atoms with E-state index in [4.69, 9.17) is 33.7 Å². The van der Waals surface area contributed by atoms with Gasteiger partial charge in [0.15, 0.2) is 11.5 Å². The van der Waals surface area contributed by atoms with Crippen LogP contribution in [-0.4, -0.2) is 9.78 Å². The molecule has 0 amide bonds. The summed E-state index contributed by atoms with van der Waals surface area (Å²) in [6.07, 6.45) is 4.46. The second kappa shape index (κ2) is 5.50. The minimum Gasteiger partial charge on any atom is -0.452 e. The van der Waals surface area contributed by atoms with Crippen molar-refractivity contribution in [1.29, 1.82) is 0 Å². The van der Waals surface area contributed by atoms with E-state index in [1.54, 1.807) is 18.3 Å². The number of hydrogen-bond donors (Lipinski definition) is 1. The van der Waals surface area contributed by atoms with Gasteiger partial charge < -0.3 is 10.5 Å². The molecule has 0 radical (unpaired) electrons. The number of nitrogens with two attached hydrogens (primary N) is 1. The summed E-state index contributed by atoms with van der Waals surface area (Å²) in [4.78, 5) is 0. The van der Waals surface area contributed by atoms with Crippen LogP contribution in [0.5, 0.6) is 11.5 Å². The number of aryl methyl sites for hydroxylation is 1. The second-order valence-electron chi connectivity index (χ2n) is 3.85. The first kappa shape index (κ1) is 13.1. The maximum atomic E-state index is 5.92. The maximum absolute atomic E-state index is 5.92. The molecule has 0 aliphatic rings. The van der Waals surface area contributed by atoms with E-state index in [0.717, 1.165) is 13.0 Å². The summed E-state index contributed by atoms with van der Waals surface area (Å²) in [6.45, 7) is 2.93. The van der Waals surface area contributed by atoms with E-state index in [1.165, 1.54) is 0 Å². The van der Waals surface area contributed by atoms with E-state index < -0.39 is 0 Å². The van der Waals surface area contributed by atoms with E-state index in [2.05, 4.69) is 12.0 Å². The van der Waals surface area contributed by atoms with Gasteiger partial charge in [-0.2, -0.15) is 5.10 Å². The van der Waals surface area contributed by atoms with Crippen LogP contribution in [0.25, 0.3) is 0 Å². The lowest BCUT2D eigenvalue weighted by Gasteiger charge is -2.07. The Kier molecular flexibility index (Phi) is 3.99. The minimum absolute atomic E-state index is 0.404. The number of rotatable bonds is 4. The Balaban J connectivity index is 2.20. The highest BCUT2D eigenvalue weighted by Crippen LogP contribution is 2.34. The number of aromatic nitrogens is 2. The van der Waals surface area contributed by atoms with Gasteiger partial charge in [0, 0.05) is 12.6 Å². The maximum Gasteiger partial charge on any atom is 0.165 e. The highest BCUT2D eigenvalue weighted by Gasteiger charge is 2.08. The summed E-state index contributed by atoms with van der Waals surface area (Å²) in [6, 6.07) is 3.16. The summed E-state index contributed by atoms with van der Waals surface area (Å²) in [5.74, 6) is 1.09. The summed E-state index contributed by atoms with van der Waals surface area (Å²) in [5, 5.41) is 4.97. The van der Waals surface area contributed by atoms with E-state index in [9.17, 15) is 0 Å². The average molecular weight is 286 g/mol. The number of benzene rings is 1. The molecule has 96 valence electrons. The third-order valence-electron chi connectivity index (χ3n) is 2.34. The van der Waals surface area contributed by atoms with Crippen molar-refractivity contribution in [3.05, 3.63) is 34.6 Å². The molecule has 2 rings (SSSR count). The topological polar surface area (TPSA) is 53.1 Å². The van der Waals surface area contributed by atoms with Gasteiger partial charge in [0.05, 0.1) is 28.1 Å². The van der Waals surface area contributed by atoms with E-state index in [-0.39, 0.29) is 0 Å². The Hall–Kier alpha value is -1.39. The molecule has 0 fully saturated rings. The lowest BCUT2D eigenvalue weighted by atomic mass is 10.3. The van der Waals surface area contributed by atoms with Crippen LogP contribution in [0, 0.1) is 0 Å². The molecule has 18 heavy (non-hydrogen) atoms. The van der Waals surface area contributed by atoms with E-state index in [0.29, 0.717) is 27.2 Å². The number of nitrogens with zero attached hydrogens (tertiary/aromatic N) is 2. The molecule has 4 nitrogen and oxygen atoms in total. The van der Waals surface area contributed by atoms with Gasteiger partial charge in [-0.1, -0.05) is 30.1 Å². The number of hydrogen-bond acceptors (Lipinski definition) is 3. The minimum atomic E-state index is 0.404. The molecule has 0 spiro atoms. The Bertz CT molecular complexity index is 554. The fourth-order valence-electron chi connectivity index (χ4n) is 1.51. The van der Waals surface area contributed by atoms with Gasteiger partial charge in [0.25, 0.3) is 0 Å². The molecule has 2 N–H and O–H groups in total. The SMILES string of the molecule is CCCn1cc(Oc2cc(Cl)c(Cl)cc2N)cn1. The molecule has 2 aromatic rings. The van der Waals surface area contributed by atoms with Crippen LogP contribution in [-0.2, 0) is 6.54 Å². The Labute approximate surface area is 115 Å². The number of nitrogen functional groups attached to an aromatic ring is 1. The van der Waals surface area contributed by atoms with Crippen molar-refractivity contribution in [2.75, 3.05) is 5.73 Å². The molecule has 1 heterocycles. The van der Waals surface area contributed by atoms with Crippen molar-refractivity contribution in [2.24, 2.45) is 0 Å². The van der Waals surface area contributed by atoms with Crippen LogP contribution in [0.4, 0.5) is 5.69 Å². The van der Waals surface area contributed by atoms with Crippen LogP contribution in [0.2, 0.25) is 10.0 Å². The second-order valence-corrected chi connectivity index (χ2v) is 4.66. The van der Waals surface area contributed by atoms with Gasteiger partial charge >= 0.3 is 0 Å². The molecular weight excluding hydrogens is 273 g/mol. The van der Waals surface area contributed by atoms with Crippen LogP contribution >= 0.6 is 23.2 Å². The summed E-state index contributed by atoms with van der Waals surface area (Å²) >= 11 is 11.8. The van der Waals surface area contributed by atoms with Crippen LogP contribution in [0.3, 0.4) is 0 Å². The molecular formula is C12H13Cl2N3O. The van der Waals surface area contributed by atoms with Crippen molar-refractivity contribution >= 4 is 28.9 Å². The summed E-state index contributed by atoms with van der Waals surface area (Å²) < 4.78 is 7.43. The quantitative estimate of drug-likeness (QED) is 0.865. The zero-order valence-electron chi connectivity index (χ0n) is 9.86. The third kappa shape index (κ3) is 2.89. The number of ether oxygens (including phenoxy) is 1. The smallest absolute Gasteiger partial charge is 0.165 e. The standard InChI is InChI=1S/C12H13Cl2N3O/c1-2-3-17-7-8(6-16-17)18-12-5-10(14)9(13)4-11(12)15/h4-7H,2-3,15H2,1H3. The third-order valence-corrected chi connectivity index (χ3v) is 3.06. The normalized spacial score (nSPS) is 10.6. The fourth-order valence-corrected chi connectivity index (χ4v) is 1.83. The Morgan fingerprint density at radius 2 is 2.06 bits per heavy atom. The molecule has 1 aromatic heterocycles. The van der Waals surface area contributed by atoms with Crippen LogP contribution in [0.15, 0.2) is 24.5 Å². The molecule has 0 bridgehead atoms. The van der Waals surface area contributed by atoms with Crippen molar-refractivity contribution in [3.8, 4) is 11.5 Å². The molecule has 0 saturated heterocycles. The molecule has 0 atom stereocenters. The van der Waals surface area contributed by atoms with Crippen molar-refractivity contribution in [2.45, 2.75) is 19.9 Å². The van der Waals surface area contributed by atoms with Crippen molar-refractivity contribution < 1.29 is 4.74 Å². The average Bonchev–Trinajstić information content (AvgIpc) is 2.74. The van der Waals surface area contributed by atoms with E-state index >= 15 is 0 Å². The number of anilines is 1. The Morgan fingerprint density at radius 1 is 1.33 bits per heavy atom. The highest BCUT2D eigenvalue weighted by atomic mass is 35.5. The van der Waals surface area contributed by atoms with Gasteiger partial charge in [-0.3, -0.25) is 4.68 Å². The lowest BCUT2D eigenvalue weighted by molar-refractivity contribution is 0.483. The Morgan fingerprint density at radius 3 is 2.78 bits per heavy atom. The monoisotopic (exact) mass is 285 g/mol. The zero-order chi connectivity index (χ0) is 13.1. The van der Waals surface area contributed by atoms with Crippen molar-refractivity contribution in [3.63, 3.8) is 0 Å². The predicted molar refractivity (Wildman–Crippen MR) is 73.5 cm³/mol. The molecule has 0 saturated carbocycles. The van der Waals surface area contributed by atoms with Crippen LogP contribution < -0.4 is 10.5 Å². The molecule has 0 aliphatic heterocycles. The largest absolute Gasteiger partial charge is 0.452 e. The van der Waals surface area contributed by atoms with Crippen molar-refractivity contribution in [1.82, 2.24) is 9.78 Å². The fraction of sp³-hybridized carbons (Fsp3) is 0.250. The van der Waals surface area contributed by atoms with Gasteiger partial charge in [-0.15, -0.1) is 0 Å². The molecule has 0 unspecified atom stereocenters. The van der Waals surface area contributed by atoms with E-state index in [1.807, 2.05) is 10.9 Å². The summed E-state index contributed by atoms with van der Waals surface area (Å²) in [7, 11) is 0. The molecule has 6 heteroatoms. The predicted octanol–water partition coefficient (Wildman–Crippen LogP) is 3.97. The lowest BCUT2D eigenvalue weighted by Crippen LogP contribution is -1.95. The number of halogens is 2. The van der Waals surface area contributed by atoms with Gasteiger partial charge in [0.2, 0.25) is 0 Å². The first-order chi connectivity index (χ1) is 8.60. The zero-order valence-corrected chi connectivity index (χ0v) is 11.4. The summed E-state index contributed by atoms with van der Waals surface area (Å²) in [5.41, 5.74) is 6.25. The highest BCUT2D eigenvalue weighted by molar-refractivity contribution is 6.42. The first-order valence-electron chi connectivity index (χ1n) is 5.55. The van der Waals surface area contributed by atoms with Gasteiger partial charge in [0.1, 0.15) is 0 Å². The van der Waals surface area contributed by atoms with Crippen LogP contribution in [0.1, 0.15) is 13.3 Å². The first-order valence-corrected chi connectivity index (χ1v) is 6.30. The van der Waals surface area contributed by atoms with Gasteiger partial charge in [-0.25, -0.2) is 0 Å².